The lowest BCUT2D eigenvalue weighted by Gasteiger charge is -2.02. The normalized spacial score (nSPS) is 10.7. The minimum atomic E-state index is 0.0392. The third kappa shape index (κ3) is 4.26. The summed E-state index contributed by atoms with van der Waals surface area (Å²) in [5.41, 5.74) is 3.70. The lowest BCUT2D eigenvalue weighted by Crippen LogP contribution is -2.05. The molecule has 0 fully saturated rings. The molecular formula is C25H21NO2. The van der Waals surface area contributed by atoms with Gasteiger partial charge >= 0.3 is 0 Å². The summed E-state index contributed by atoms with van der Waals surface area (Å²) in [5, 5.41) is 0. The van der Waals surface area contributed by atoms with Gasteiger partial charge in [0.2, 0.25) is 5.89 Å². The van der Waals surface area contributed by atoms with Crippen LogP contribution in [0.15, 0.2) is 95.4 Å². The maximum absolute atomic E-state index is 12.7. The smallest absolute Gasteiger partial charge is 0.226 e. The van der Waals surface area contributed by atoms with Crippen LogP contribution in [0.3, 0.4) is 0 Å². The summed E-state index contributed by atoms with van der Waals surface area (Å²) in [6, 6.07) is 29.4. The lowest BCUT2D eigenvalue weighted by atomic mass is 10.0. The van der Waals surface area contributed by atoms with Crippen molar-refractivity contribution in [2.24, 2.45) is 0 Å². The quantitative estimate of drug-likeness (QED) is 0.402. The molecule has 4 rings (SSSR count). The summed E-state index contributed by atoms with van der Waals surface area (Å²) < 4.78 is 6.05. The Kier molecular flexibility index (Phi) is 5.43. The molecule has 0 saturated carbocycles. The minimum Gasteiger partial charge on any atom is -0.440 e. The first-order chi connectivity index (χ1) is 13.8. The molecule has 3 nitrogen and oxygen atoms in total. The highest BCUT2D eigenvalue weighted by Crippen LogP contribution is 2.24. The van der Waals surface area contributed by atoms with E-state index in [0.717, 1.165) is 24.1 Å². The number of carbonyl (C=O) groups is 1. The molecule has 1 aromatic heterocycles. The van der Waals surface area contributed by atoms with E-state index in [0.29, 0.717) is 17.2 Å². The fraction of sp³-hybridized carbons (Fsp3) is 0.120. The predicted molar refractivity (Wildman–Crippen MR) is 110 cm³/mol. The summed E-state index contributed by atoms with van der Waals surface area (Å²) in [6.07, 6.45) is 1.81. The number of aromatic nitrogens is 1. The molecule has 1 heterocycles. The number of benzene rings is 3. The van der Waals surface area contributed by atoms with Gasteiger partial charge in [0.25, 0.3) is 0 Å². The van der Waals surface area contributed by atoms with Crippen molar-refractivity contribution in [2.75, 3.05) is 0 Å². The van der Waals surface area contributed by atoms with Gasteiger partial charge in [0.15, 0.2) is 5.78 Å². The molecule has 3 aromatic carbocycles. The Bertz CT molecular complexity index is 1040. The van der Waals surface area contributed by atoms with Crippen molar-refractivity contribution in [2.45, 2.75) is 19.3 Å². The van der Waals surface area contributed by atoms with E-state index in [1.807, 2.05) is 78.9 Å². The monoisotopic (exact) mass is 367 g/mol. The Morgan fingerprint density at radius 1 is 0.750 bits per heavy atom. The standard InChI is InChI=1S/C25H21NO2/c27-23(20-12-6-2-7-13-20)18-24-22(17-16-19-10-4-1-5-11-19)26-25(28-24)21-14-8-3-9-15-21/h1-15H,16-18H2. The van der Waals surface area contributed by atoms with Crippen LogP contribution in [0, 0.1) is 0 Å². The molecule has 0 spiro atoms. The molecule has 0 saturated heterocycles. The molecule has 4 aromatic rings. The molecule has 0 bridgehead atoms. The van der Waals surface area contributed by atoms with Crippen LogP contribution in [0.2, 0.25) is 0 Å². The van der Waals surface area contributed by atoms with Crippen molar-refractivity contribution in [3.05, 3.63) is 114 Å². The second kappa shape index (κ2) is 8.49. The topological polar surface area (TPSA) is 43.1 Å². The zero-order chi connectivity index (χ0) is 19.2. The van der Waals surface area contributed by atoms with Crippen LogP contribution in [-0.4, -0.2) is 10.8 Å². The van der Waals surface area contributed by atoms with Crippen LogP contribution in [0.5, 0.6) is 0 Å². The Morgan fingerprint density at radius 3 is 2.04 bits per heavy atom. The summed E-state index contributed by atoms with van der Waals surface area (Å²) in [6.45, 7) is 0. The molecule has 3 heteroatoms. The van der Waals surface area contributed by atoms with Crippen LogP contribution in [-0.2, 0) is 19.3 Å². The van der Waals surface area contributed by atoms with E-state index in [1.165, 1.54) is 5.56 Å². The second-order valence-electron chi connectivity index (χ2n) is 6.71. The van der Waals surface area contributed by atoms with E-state index in [1.54, 1.807) is 0 Å². The molecule has 0 aliphatic carbocycles. The average molecular weight is 367 g/mol. The van der Waals surface area contributed by atoms with E-state index in [9.17, 15) is 4.79 Å². The Morgan fingerprint density at radius 2 is 1.36 bits per heavy atom. The van der Waals surface area contributed by atoms with Crippen molar-refractivity contribution >= 4 is 5.78 Å². The van der Waals surface area contributed by atoms with E-state index >= 15 is 0 Å². The molecule has 28 heavy (non-hydrogen) atoms. The first kappa shape index (κ1) is 17.9. The highest BCUT2D eigenvalue weighted by Gasteiger charge is 2.18. The zero-order valence-electron chi connectivity index (χ0n) is 15.5. The van der Waals surface area contributed by atoms with E-state index < -0.39 is 0 Å². The molecule has 0 aliphatic rings. The molecule has 0 atom stereocenters. The molecule has 0 radical (unpaired) electrons. The fourth-order valence-electron chi connectivity index (χ4n) is 3.20. The van der Waals surface area contributed by atoms with Gasteiger partial charge in [0, 0.05) is 11.1 Å². The van der Waals surface area contributed by atoms with Gasteiger partial charge in [-0.2, -0.15) is 0 Å². The highest BCUT2D eigenvalue weighted by molar-refractivity contribution is 5.97. The second-order valence-corrected chi connectivity index (χ2v) is 6.71. The van der Waals surface area contributed by atoms with E-state index in [2.05, 4.69) is 12.1 Å². The van der Waals surface area contributed by atoms with Gasteiger partial charge in [0.1, 0.15) is 5.76 Å². The number of ketones is 1. The maximum atomic E-state index is 12.7. The lowest BCUT2D eigenvalue weighted by molar-refractivity contribution is 0.0987. The number of nitrogens with zero attached hydrogens (tertiary/aromatic N) is 1. The first-order valence-electron chi connectivity index (χ1n) is 9.46. The molecule has 0 aliphatic heterocycles. The SMILES string of the molecule is O=C(Cc1oc(-c2ccccc2)nc1CCc1ccccc1)c1ccccc1. The summed E-state index contributed by atoms with van der Waals surface area (Å²) in [7, 11) is 0. The number of rotatable bonds is 7. The van der Waals surface area contributed by atoms with Gasteiger partial charge in [-0.1, -0.05) is 78.9 Å². The van der Waals surface area contributed by atoms with Crippen molar-refractivity contribution in [3.8, 4) is 11.5 Å². The van der Waals surface area contributed by atoms with Gasteiger partial charge in [-0.05, 0) is 30.5 Å². The third-order valence-corrected chi connectivity index (χ3v) is 4.71. The molecule has 138 valence electrons. The number of hydrogen-bond acceptors (Lipinski definition) is 3. The molecule has 0 N–H and O–H groups in total. The van der Waals surface area contributed by atoms with E-state index in [4.69, 9.17) is 9.40 Å². The molecule has 0 unspecified atom stereocenters. The highest BCUT2D eigenvalue weighted by atomic mass is 16.4. The van der Waals surface area contributed by atoms with Gasteiger partial charge in [0.05, 0.1) is 12.1 Å². The average Bonchev–Trinajstić information content (AvgIpc) is 3.17. The van der Waals surface area contributed by atoms with Crippen LogP contribution in [0.25, 0.3) is 11.5 Å². The predicted octanol–water partition coefficient (Wildman–Crippen LogP) is 5.55. The van der Waals surface area contributed by atoms with Gasteiger partial charge in [-0.3, -0.25) is 4.79 Å². The Labute approximate surface area is 164 Å². The molecular weight excluding hydrogens is 346 g/mol. The number of Topliss-reactive ketones (excluding diaryl/α,β-unsaturated/α-hetero) is 1. The fourth-order valence-corrected chi connectivity index (χ4v) is 3.20. The number of aryl methyl sites for hydroxylation is 2. The van der Waals surface area contributed by atoms with Crippen LogP contribution >= 0.6 is 0 Å². The van der Waals surface area contributed by atoms with Crippen molar-refractivity contribution in [3.63, 3.8) is 0 Å². The summed E-state index contributed by atoms with van der Waals surface area (Å²) in [5.74, 6) is 1.26. The maximum Gasteiger partial charge on any atom is 0.226 e. The van der Waals surface area contributed by atoms with Crippen molar-refractivity contribution < 1.29 is 9.21 Å². The van der Waals surface area contributed by atoms with Gasteiger partial charge in [-0.15, -0.1) is 0 Å². The summed E-state index contributed by atoms with van der Waals surface area (Å²) >= 11 is 0. The molecule has 0 amide bonds. The Balaban J connectivity index is 1.61. The van der Waals surface area contributed by atoms with Gasteiger partial charge < -0.3 is 4.42 Å². The van der Waals surface area contributed by atoms with Crippen molar-refractivity contribution in [1.29, 1.82) is 0 Å². The summed E-state index contributed by atoms with van der Waals surface area (Å²) in [4.78, 5) is 17.4. The minimum absolute atomic E-state index is 0.0392. The zero-order valence-corrected chi connectivity index (χ0v) is 15.5. The van der Waals surface area contributed by atoms with E-state index in [-0.39, 0.29) is 12.2 Å². The number of hydrogen-bond donors (Lipinski definition) is 0. The Hall–Kier alpha value is -3.46. The number of carbonyl (C=O) groups excluding carboxylic acids is 1. The van der Waals surface area contributed by atoms with Crippen LogP contribution in [0.1, 0.15) is 27.4 Å². The van der Waals surface area contributed by atoms with Crippen LogP contribution in [0.4, 0.5) is 0 Å². The third-order valence-electron chi connectivity index (χ3n) is 4.71. The number of oxazole rings is 1. The first-order valence-corrected chi connectivity index (χ1v) is 9.46. The largest absolute Gasteiger partial charge is 0.440 e. The van der Waals surface area contributed by atoms with Crippen molar-refractivity contribution in [1.82, 2.24) is 4.98 Å². The van der Waals surface area contributed by atoms with Gasteiger partial charge in [-0.25, -0.2) is 4.98 Å². The van der Waals surface area contributed by atoms with Crippen LogP contribution < -0.4 is 0 Å².